The van der Waals surface area contributed by atoms with Crippen molar-refractivity contribution in [3.63, 3.8) is 0 Å². The van der Waals surface area contributed by atoms with Gasteiger partial charge in [-0.05, 0) is 25.0 Å². The third kappa shape index (κ3) is 3.16. The van der Waals surface area contributed by atoms with E-state index in [1.807, 2.05) is 4.90 Å². The number of amides is 3. The fraction of sp³-hybridized carbons (Fsp3) is 0.556. The minimum absolute atomic E-state index is 0.0545. The summed E-state index contributed by atoms with van der Waals surface area (Å²) in [7, 11) is 1.63. The van der Waals surface area contributed by atoms with Crippen molar-refractivity contribution >= 4 is 17.6 Å². The van der Waals surface area contributed by atoms with Crippen molar-refractivity contribution in [2.75, 3.05) is 45.5 Å². The van der Waals surface area contributed by atoms with E-state index in [4.69, 9.17) is 14.2 Å². The number of rotatable bonds is 4. The molecular formula is C18H23N3O5. The molecule has 2 atom stereocenters. The van der Waals surface area contributed by atoms with Gasteiger partial charge in [0.25, 0.3) is 0 Å². The van der Waals surface area contributed by atoms with Crippen LogP contribution in [0, 0.1) is 5.92 Å². The van der Waals surface area contributed by atoms with Gasteiger partial charge in [-0.1, -0.05) is 0 Å². The van der Waals surface area contributed by atoms with Crippen LogP contribution in [0.25, 0.3) is 0 Å². The number of methoxy groups -OCH3 is 1. The first-order valence-corrected chi connectivity index (χ1v) is 8.90. The largest absolute Gasteiger partial charge is 0.454 e. The van der Waals surface area contributed by atoms with Crippen molar-refractivity contribution in [2.24, 2.45) is 5.92 Å². The Morgan fingerprint density at radius 3 is 2.96 bits per heavy atom. The molecule has 4 heterocycles. The van der Waals surface area contributed by atoms with Gasteiger partial charge in [0.15, 0.2) is 11.5 Å². The Labute approximate surface area is 152 Å². The van der Waals surface area contributed by atoms with E-state index < -0.39 is 0 Å². The molecule has 4 aliphatic heterocycles. The Morgan fingerprint density at radius 2 is 2.12 bits per heavy atom. The lowest BCUT2D eigenvalue weighted by Gasteiger charge is -2.35. The van der Waals surface area contributed by atoms with Gasteiger partial charge in [0.05, 0.1) is 12.5 Å². The SMILES string of the molecule is COCCN1C(=O)[C@@H]2CC[C@H]1CN(C(=O)Nc1ccc3c(c1)OCO3)C2. The molecule has 0 spiro atoms. The maximum absolute atomic E-state index is 12.8. The number of piperidine rings is 1. The summed E-state index contributed by atoms with van der Waals surface area (Å²) in [5.41, 5.74) is 0.651. The number of fused-ring (bicyclic) bond motifs is 5. The molecule has 2 bridgehead atoms. The third-order valence-corrected chi connectivity index (χ3v) is 5.24. The first kappa shape index (κ1) is 17.0. The van der Waals surface area contributed by atoms with Gasteiger partial charge in [0.2, 0.25) is 12.7 Å². The normalized spacial score (nSPS) is 24.0. The number of nitrogens with one attached hydrogen (secondary N) is 1. The van der Waals surface area contributed by atoms with Gasteiger partial charge < -0.3 is 29.3 Å². The van der Waals surface area contributed by atoms with Crippen molar-refractivity contribution < 1.29 is 23.8 Å². The molecule has 0 radical (unpaired) electrons. The van der Waals surface area contributed by atoms with Gasteiger partial charge in [-0.15, -0.1) is 0 Å². The summed E-state index contributed by atoms with van der Waals surface area (Å²) in [5, 5.41) is 2.91. The predicted octanol–water partition coefficient (Wildman–Crippen LogP) is 1.52. The van der Waals surface area contributed by atoms with Crippen LogP contribution < -0.4 is 14.8 Å². The van der Waals surface area contributed by atoms with E-state index in [1.165, 1.54) is 0 Å². The van der Waals surface area contributed by atoms with Crippen LogP contribution in [-0.2, 0) is 9.53 Å². The van der Waals surface area contributed by atoms with Crippen LogP contribution in [0.15, 0.2) is 18.2 Å². The lowest BCUT2D eigenvalue weighted by molar-refractivity contribution is -0.140. The molecule has 3 amide bonds. The standard InChI is InChI=1S/C18H23N3O5/c1-24-7-6-21-14-4-2-12(17(21)22)9-20(10-14)18(23)19-13-3-5-15-16(8-13)26-11-25-15/h3,5,8,12,14H,2,4,6-7,9-11H2,1H3,(H,19,23)/t12-,14+/m1/s1. The summed E-state index contributed by atoms with van der Waals surface area (Å²) in [4.78, 5) is 29.0. The number of ether oxygens (including phenoxy) is 3. The summed E-state index contributed by atoms with van der Waals surface area (Å²) in [6.07, 6.45) is 1.76. The molecule has 4 aliphatic rings. The monoisotopic (exact) mass is 361 g/mol. The van der Waals surface area contributed by atoms with E-state index in [-0.39, 0.29) is 30.7 Å². The van der Waals surface area contributed by atoms with Gasteiger partial charge in [-0.3, -0.25) is 4.79 Å². The fourth-order valence-electron chi connectivity index (χ4n) is 3.87. The number of carbonyl (C=O) groups excluding carboxylic acids is 2. The van der Waals surface area contributed by atoms with E-state index in [2.05, 4.69) is 5.32 Å². The summed E-state index contributed by atoms with van der Waals surface area (Å²) in [6, 6.07) is 5.18. The number of urea groups is 1. The van der Waals surface area contributed by atoms with Crippen LogP contribution in [0.1, 0.15) is 12.8 Å². The van der Waals surface area contributed by atoms with Crippen LogP contribution in [0.2, 0.25) is 0 Å². The average molecular weight is 361 g/mol. The lowest BCUT2D eigenvalue weighted by Crippen LogP contribution is -2.49. The zero-order valence-electron chi connectivity index (χ0n) is 14.8. The van der Waals surface area contributed by atoms with Crippen LogP contribution in [0.5, 0.6) is 11.5 Å². The molecule has 26 heavy (non-hydrogen) atoms. The molecule has 8 nitrogen and oxygen atoms in total. The lowest BCUT2D eigenvalue weighted by atomic mass is 9.94. The first-order valence-electron chi connectivity index (χ1n) is 8.90. The van der Waals surface area contributed by atoms with E-state index in [0.29, 0.717) is 43.4 Å². The maximum Gasteiger partial charge on any atom is 0.321 e. The van der Waals surface area contributed by atoms with Crippen molar-refractivity contribution in [2.45, 2.75) is 18.9 Å². The number of hydrogen-bond acceptors (Lipinski definition) is 5. The van der Waals surface area contributed by atoms with Crippen molar-refractivity contribution in [1.82, 2.24) is 9.80 Å². The third-order valence-electron chi connectivity index (χ3n) is 5.24. The molecule has 0 aliphatic carbocycles. The Bertz CT molecular complexity index is 710. The quantitative estimate of drug-likeness (QED) is 0.879. The molecule has 0 saturated carbocycles. The molecule has 0 aromatic heterocycles. The summed E-state index contributed by atoms with van der Waals surface area (Å²) in [5.74, 6) is 1.31. The fourth-order valence-corrected chi connectivity index (χ4v) is 3.87. The Kier molecular flexibility index (Phi) is 4.58. The summed E-state index contributed by atoms with van der Waals surface area (Å²) < 4.78 is 15.8. The van der Waals surface area contributed by atoms with Crippen LogP contribution in [0.4, 0.5) is 10.5 Å². The minimum atomic E-state index is -0.192. The topological polar surface area (TPSA) is 80.3 Å². The maximum atomic E-state index is 12.8. The first-order chi connectivity index (χ1) is 12.7. The highest BCUT2D eigenvalue weighted by Gasteiger charge is 2.41. The average Bonchev–Trinajstić information content (AvgIpc) is 2.93. The van der Waals surface area contributed by atoms with Gasteiger partial charge in [-0.2, -0.15) is 0 Å². The zero-order chi connectivity index (χ0) is 18.1. The van der Waals surface area contributed by atoms with E-state index >= 15 is 0 Å². The van der Waals surface area contributed by atoms with Gasteiger partial charge in [-0.25, -0.2) is 4.79 Å². The Hall–Kier alpha value is -2.48. The second-order valence-corrected chi connectivity index (χ2v) is 6.86. The number of carbonyl (C=O) groups is 2. The van der Waals surface area contributed by atoms with E-state index in [1.54, 1.807) is 30.2 Å². The van der Waals surface area contributed by atoms with Gasteiger partial charge >= 0.3 is 6.03 Å². The summed E-state index contributed by atoms with van der Waals surface area (Å²) >= 11 is 0. The predicted molar refractivity (Wildman–Crippen MR) is 93.3 cm³/mol. The highest BCUT2D eigenvalue weighted by atomic mass is 16.7. The van der Waals surface area contributed by atoms with Crippen LogP contribution in [-0.4, -0.2) is 67.9 Å². The second kappa shape index (κ2) is 7.03. The highest BCUT2D eigenvalue weighted by Crippen LogP contribution is 2.34. The summed E-state index contributed by atoms with van der Waals surface area (Å²) in [6.45, 7) is 2.28. The zero-order valence-corrected chi connectivity index (χ0v) is 14.8. The number of anilines is 1. The van der Waals surface area contributed by atoms with Crippen molar-refractivity contribution in [1.29, 1.82) is 0 Å². The molecule has 3 fully saturated rings. The molecule has 0 unspecified atom stereocenters. The molecule has 1 aromatic rings. The van der Waals surface area contributed by atoms with Crippen molar-refractivity contribution in [3.8, 4) is 11.5 Å². The molecule has 3 saturated heterocycles. The molecule has 140 valence electrons. The molecule has 1 aromatic carbocycles. The van der Waals surface area contributed by atoms with E-state index in [0.717, 1.165) is 12.8 Å². The van der Waals surface area contributed by atoms with Crippen LogP contribution >= 0.6 is 0 Å². The Morgan fingerprint density at radius 1 is 1.27 bits per heavy atom. The molecule has 1 N–H and O–H groups in total. The molecular weight excluding hydrogens is 338 g/mol. The van der Waals surface area contributed by atoms with Gasteiger partial charge in [0, 0.05) is 44.5 Å². The number of nitrogens with zero attached hydrogens (tertiary/aromatic N) is 2. The smallest absolute Gasteiger partial charge is 0.321 e. The van der Waals surface area contributed by atoms with Crippen molar-refractivity contribution in [3.05, 3.63) is 18.2 Å². The highest BCUT2D eigenvalue weighted by molar-refractivity contribution is 5.91. The minimum Gasteiger partial charge on any atom is -0.454 e. The Balaban J connectivity index is 1.44. The molecule has 5 rings (SSSR count). The van der Waals surface area contributed by atoms with Crippen LogP contribution in [0.3, 0.4) is 0 Å². The van der Waals surface area contributed by atoms with E-state index in [9.17, 15) is 9.59 Å². The number of hydrogen-bond donors (Lipinski definition) is 1. The number of benzene rings is 1. The van der Waals surface area contributed by atoms with Gasteiger partial charge in [0.1, 0.15) is 0 Å². The molecule has 8 heteroatoms. The second-order valence-electron chi connectivity index (χ2n) is 6.86.